The SMILES string of the molecule is CNC(C)(CCN(C)CC1CCCN1C)C(=O)OC. The number of nitrogens with zero attached hydrogens (tertiary/aromatic N) is 2. The third-order valence-electron chi connectivity index (χ3n) is 4.38. The van der Waals surface area contributed by atoms with E-state index in [-0.39, 0.29) is 5.97 Å². The first-order valence-electron chi connectivity index (χ1n) is 7.09. The first-order chi connectivity index (χ1) is 8.92. The maximum atomic E-state index is 11.8. The van der Waals surface area contributed by atoms with Gasteiger partial charge in [-0.1, -0.05) is 0 Å². The number of methoxy groups -OCH3 is 1. The molecule has 0 amide bonds. The van der Waals surface area contributed by atoms with Gasteiger partial charge in [0.15, 0.2) is 0 Å². The number of likely N-dealkylation sites (tertiary alicyclic amines) is 1. The van der Waals surface area contributed by atoms with Crippen LogP contribution in [-0.4, -0.2) is 75.2 Å². The lowest BCUT2D eigenvalue weighted by Crippen LogP contribution is -2.50. The van der Waals surface area contributed by atoms with Crippen molar-refractivity contribution in [2.45, 2.75) is 37.8 Å². The van der Waals surface area contributed by atoms with E-state index in [0.717, 1.165) is 19.5 Å². The molecule has 0 aromatic rings. The summed E-state index contributed by atoms with van der Waals surface area (Å²) in [4.78, 5) is 16.5. The Balaban J connectivity index is 2.39. The Labute approximate surface area is 117 Å². The second kappa shape index (κ2) is 7.22. The summed E-state index contributed by atoms with van der Waals surface area (Å²) < 4.78 is 4.86. The van der Waals surface area contributed by atoms with Gasteiger partial charge >= 0.3 is 5.97 Å². The lowest BCUT2D eigenvalue weighted by Gasteiger charge is -2.30. The van der Waals surface area contributed by atoms with Crippen molar-refractivity contribution < 1.29 is 9.53 Å². The molecule has 1 saturated heterocycles. The number of nitrogens with one attached hydrogen (secondary N) is 1. The van der Waals surface area contributed by atoms with Gasteiger partial charge in [0, 0.05) is 19.1 Å². The van der Waals surface area contributed by atoms with Crippen LogP contribution in [0.2, 0.25) is 0 Å². The van der Waals surface area contributed by atoms with E-state index in [1.807, 2.05) is 14.0 Å². The van der Waals surface area contributed by atoms with E-state index >= 15 is 0 Å². The van der Waals surface area contributed by atoms with Gasteiger partial charge in [0.25, 0.3) is 0 Å². The Morgan fingerprint density at radius 1 is 1.58 bits per heavy atom. The number of hydrogen-bond donors (Lipinski definition) is 1. The predicted molar refractivity (Wildman–Crippen MR) is 77.2 cm³/mol. The molecule has 0 saturated carbocycles. The summed E-state index contributed by atoms with van der Waals surface area (Å²) >= 11 is 0. The number of carbonyl (C=O) groups is 1. The first kappa shape index (κ1) is 16.4. The Kier molecular flexibility index (Phi) is 6.23. The van der Waals surface area contributed by atoms with Gasteiger partial charge in [0.2, 0.25) is 0 Å². The second-order valence-corrected chi connectivity index (χ2v) is 5.86. The zero-order valence-corrected chi connectivity index (χ0v) is 13.0. The minimum Gasteiger partial charge on any atom is -0.468 e. The Hall–Kier alpha value is -0.650. The van der Waals surface area contributed by atoms with Gasteiger partial charge in [0.05, 0.1) is 7.11 Å². The summed E-state index contributed by atoms with van der Waals surface area (Å²) in [6.45, 7) is 5.05. The zero-order valence-electron chi connectivity index (χ0n) is 13.0. The van der Waals surface area contributed by atoms with Crippen LogP contribution >= 0.6 is 0 Å². The van der Waals surface area contributed by atoms with Crippen molar-refractivity contribution in [1.82, 2.24) is 15.1 Å². The molecule has 1 N–H and O–H groups in total. The van der Waals surface area contributed by atoms with Crippen LogP contribution in [0.4, 0.5) is 0 Å². The molecule has 112 valence electrons. The van der Waals surface area contributed by atoms with Crippen LogP contribution in [0.1, 0.15) is 26.2 Å². The van der Waals surface area contributed by atoms with Crippen LogP contribution in [-0.2, 0) is 9.53 Å². The van der Waals surface area contributed by atoms with Crippen LogP contribution in [0.25, 0.3) is 0 Å². The smallest absolute Gasteiger partial charge is 0.325 e. The summed E-state index contributed by atoms with van der Waals surface area (Å²) in [5.41, 5.74) is -0.593. The van der Waals surface area contributed by atoms with Crippen molar-refractivity contribution in [2.75, 3.05) is 47.9 Å². The lowest BCUT2D eigenvalue weighted by atomic mass is 9.98. The molecular weight excluding hydrogens is 242 g/mol. The topological polar surface area (TPSA) is 44.8 Å². The molecule has 0 aromatic carbocycles. The number of carbonyl (C=O) groups excluding carboxylic acids is 1. The van der Waals surface area contributed by atoms with Crippen LogP contribution in [0.3, 0.4) is 0 Å². The molecule has 1 aliphatic heterocycles. The van der Waals surface area contributed by atoms with Crippen LogP contribution in [0.15, 0.2) is 0 Å². The number of esters is 1. The maximum absolute atomic E-state index is 11.8. The van der Waals surface area contributed by atoms with Crippen molar-refractivity contribution in [1.29, 1.82) is 0 Å². The van der Waals surface area contributed by atoms with E-state index in [0.29, 0.717) is 6.04 Å². The molecule has 5 nitrogen and oxygen atoms in total. The van der Waals surface area contributed by atoms with Gasteiger partial charge in [-0.15, -0.1) is 0 Å². The highest BCUT2D eigenvalue weighted by atomic mass is 16.5. The molecule has 0 radical (unpaired) electrons. The van der Waals surface area contributed by atoms with Crippen LogP contribution in [0.5, 0.6) is 0 Å². The summed E-state index contributed by atoms with van der Waals surface area (Å²) in [6, 6.07) is 0.656. The first-order valence-corrected chi connectivity index (χ1v) is 7.09. The number of hydrogen-bond acceptors (Lipinski definition) is 5. The molecule has 2 unspecified atom stereocenters. The molecule has 5 heteroatoms. The van der Waals surface area contributed by atoms with Gasteiger partial charge in [-0.05, 0) is 53.9 Å². The average Bonchev–Trinajstić information content (AvgIpc) is 2.80. The van der Waals surface area contributed by atoms with Gasteiger partial charge in [-0.25, -0.2) is 0 Å². The van der Waals surface area contributed by atoms with Crippen molar-refractivity contribution in [3.8, 4) is 0 Å². The third-order valence-corrected chi connectivity index (χ3v) is 4.38. The fourth-order valence-electron chi connectivity index (χ4n) is 2.63. The summed E-state index contributed by atoms with van der Waals surface area (Å²) in [7, 11) is 7.56. The Bertz CT molecular complexity index is 298. The highest BCUT2D eigenvalue weighted by Crippen LogP contribution is 2.17. The molecular formula is C14H29N3O2. The molecule has 1 fully saturated rings. The molecule has 1 aliphatic rings. The molecule has 2 atom stereocenters. The normalized spacial score (nSPS) is 23.6. The Morgan fingerprint density at radius 2 is 2.26 bits per heavy atom. The van der Waals surface area contributed by atoms with Gasteiger partial charge in [-0.2, -0.15) is 0 Å². The Morgan fingerprint density at radius 3 is 2.74 bits per heavy atom. The summed E-state index contributed by atoms with van der Waals surface area (Å²) in [6.07, 6.45) is 3.33. The predicted octanol–water partition coefficient (Wildman–Crippen LogP) is 0.554. The van der Waals surface area contributed by atoms with Crippen molar-refractivity contribution in [3.63, 3.8) is 0 Å². The minimum atomic E-state index is -0.593. The van der Waals surface area contributed by atoms with E-state index in [1.54, 1.807) is 0 Å². The van der Waals surface area contributed by atoms with E-state index < -0.39 is 5.54 Å². The van der Waals surface area contributed by atoms with E-state index in [9.17, 15) is 4.79 Å². The van der Waals surface area contributed by atoms with E-state index in [4.69, 9.17) is 4.74 Å². The molecule has 0 spiro atoms. The van der Waals surface area contributed by atoms with E-state index in [1.165, 1.54) is 26.5 Å². The molecule has 0 aromatic heterocycles. The van der Waals surface area contributed by atoms with Gasteiger partial charge in [-0.3, -0.25) is 4.79 Å². The monoisotopic (exact) mass is 271 g/mol. The van der Waals surface area contributed by atoms with Crippen molar-refractivity contribution in [3.05, 3.63) is 0 Å². The van der Waals surface area contributed by atoms with Crippen LogP contribution < -0.4 is 5.32 Å². The van der Waals surface area contributed by atoms with Crippen molar-refractivity contribution in [2.24, 2.45) is 0 Å². The minimum absolute atomic E-state index is 0.193. The van der Waals surface area contributed by atoms with Gasteiger partial charge < -0.3 is 19.9 Å². The fraction of sp³-hybridized carbons (Fsp3) is 0.929. The molecule has 1 rings (SSSR count). The standard InChI is InChI=1S/C14H29N3O2/c1-14(15-2,13(18)19-5)8-10-16(3)11-12-7-6-9-17(12)4/h12,15H,6-11H2,1-5H3. The molecule has 0 bridgehead atoms. The fourth-order valence-corrected chi connectivity index (χ4v) is 2.63. The lowest BCUT2D eigenvalue weighted by molar-refractivity contribution is -0.148. The molecule has 0 aliphatic carbocycles. The zero-order chi connectivity index (χ0) is 14.5. The maximum Gasteiger partial charge on any atom is 0.325 e. The quantitative estimate of drug-likeness (QED) is 0.685. The summed E-state index contributed by atoms with van der Waals surface area (Å²) in [5, 5.41) is 3.08. The molecule has 19 heavy (non-hydrogen) atoms. The van der Waals surface area contributed by atoms with Crippen molar-refractivity contribution >= 4 is 5.97 Å². The second-order valence-electron chi connectivity index (χ2n) is 5.86. The number of rotatable bonds is 7. The molecule has 1 heterocycles. The summed E-state index contributed by atoms with van der Waals surface area (Å²) in [5.74, 6) is -0.193. The third kappa shape index (κ3) is 4.44. The largest absolute Gasteiger partial charge is 0.468 e. The number of likely N-dealkylation sites (N-methyl/N-ethyl adjacent to an activating group) is 3. The highest BCUT2D eigenvalue weighted by Gasteiger charge is 2.32. The number of ether oxygens (including phenoxy) is 1. The van der Waals surface area contributed by atoms with Gasteiger partial charge in [0.1, 0.15) is 5.54 Å². The average molecular weight is 271 g/mol. The van der Waals surface area contributed by atoms with Crippen LogP contribution in [0, 0.1) is 0 Å². The highest BCUT2D eigenvalue weighted by molar-refractivity contribution is 5.80. The van der Waals surface area contributed by atoms with E-state index in [2.05, 4.69) is 29.2 Å².